The molecule has 1 amide bonds. The Hall–Kier alpha value is -3.72. The van der Waals surface area contributed by atoms with Crippen LogP contribution in [0.1, 0.15) is 11.1 Å². The number of hydrogen-bond acceptors (Lipinski definition) is 8. The van der Waals surface area contributed by atoms with Gasteiger partial charge in [-0.1, -0.05) is 52.9 Å². The fourth-order valence-corrected chi connectivity index (χ4v) is 3.70. The van der Waals surface area contributed by atoms with Crippen LogP contribution in [-0.4, -0.2) is 28.1 Å². The molecule has 9 heteroatoms. The zero-order valence-corrected chi connectivity index (χ0v) is 17.3. The molecule has 0 aliphatic carbocycles. The van der Waals surface area contributed by atoms with Crippen molar-refractivity contribution in [2.45, 2.75) is 13.3 Å². The van der Waals surface area contributed by atoms with Gasteiger partial charge >= 0.3 is 0 Å². The van der Waals surface area contributed by atoms with Crippen molar-refractivity contribution in [2.24, 2.45) is 0 Å². The normalized spacial score (nSPS) is 10.7. The number of nitrogens with zero attached hydrogens (tertiary/aromatic N) is 3. The highest BCUT2D eigenvalue weighted by Gasteiger charge is 2.19. The number of aromatic nitrogens is 3. The second-order valence-electron chi connectivity index (χ2n) is 6.65. The highest BCUT2D eigenvalue weighted by atomic mass is 32.1. The van der Waals surface area contributed by atoms with E-state index in [1.165, 1.54) is 11.3 Å². The fourth-order valence-electron chi connectivity index (χ4n) is 2.94. The number of thiazole rings is 1. The van der Waals surface area contributed by atoms with Crippen LogP contribution in [0.4, 0.5) is 16.6 Å². The van der Waals surface area contributed by atoms with Gasteiger partial charge in [-0.2, -0.15) is 4.98 Å². The number of rotatable bonds is 6. The molecule has 0 atom stereocenters. The van der Waals surface area contributed by atoms with Crippen LogP contribution < -0.4 is 16.4 Å². The average Bonchev–Trinajstić information content (AvgIpc) is 3.36. The molecule has 0 saturated carbocycles. The first-order chi connectivity index (χ1) is 14.5. The molecule has 2 aromatic carbocycles. The zero-order chi connectivity index (χ0) is 21.1. The Morgan fingerprint density at radius 1 is 1.17 bits per heavy atom. The van der Waals surface area contributed by atoms with Crippen LogP contribution in [0.25, 0.3) is 22.2 Å². The molecule has 4 N–H and O–H groups in total. The Morgan fingerprint density at radius 2 is 1.97 bits per heavy atom. The first-order valence-electron chi connectivity index (χ1n) is 9.26. The third kappa shape index (κ3) is 4.15. The molecule has 0 saturated heterocycles. The first-order valence-corrected chi connectivity index (χ1v) is 10.1. The van der Waals surface area contributed by atoms with E-state index in [1.54, 1.807) is 7.05 Å². The number of carbonyl (C=O) groups is 1. The van der Waals surface area contributed by atoms with Crippen molar-refractivity contribution in [1.29, 1.82) is 0 Å². The van der Waals surface area contributed by atoms with E-state index in [1.807, 2.05) is 55.5 Å². The quantitative estimate of drug-likeness (QED) is 0.432. The number of amides is 1. The van der Waals surface area contributed by atoms with Crippen molar-refractivity contribution in [3.8, 4) is 22.2 Å². The lowest BCUT2D eigenvalue weighted by Crippen LogP contribution is -2.14. The minimum atomic E-state index is -0.0955. The van der Waals surface area contributed by atoms with Gasteiger partial charge in [-0.3, -0.25) is 4.79 Å². The molecule has 0 unspecified atom stereocenters. The summed E-state index contributed by atoms with van der Waals surface area (Å²) < 4.78 is 5.41. The maximum absolute atomic E-state index is 12.4. The maximum atomic E-state index is 12.4. The molecule has 152 valence electrons. The van der Waals surface area contributed by atoms with Gasteiger partial charge < -0.3 is 20.9 Å². The summed E-state index contributed by atoms with van der Waals surface area (Å²) in [6, 6.07) is 15.2. The summed E-state index contributed by atoms with van der Waals surface area (Å²) in [7, 11) is 1.77. The van der Waals surface area contributed by atoms with Crippen LogP contribution >= 0.6 is 11.3 Å². The lowest BCUT2D eigenvalue weighted by molar-refractivity contribution is -0.115. The van der Waals surface area contributed by atoms with E-state index in [9.17, 15) is 4.79 Å². The predicted octanol–water partition coefficient (Wildman–Crippen LogP) is 3.97. The van der Waals surface area contributed by atoms with Crippen LogP contribution in [0.3, 0.4) is 0 Å². The summed E-state index contributed by atoms with van der Waals surface area (Å²) >= 11 is 1.34. The summed E-state index contributed by atoms with van der Waals surface area (Å²) in [6.07, 6.45) is 0.300. The Morgan fingerprint density at radius 3 is 2.70 bits per heavy atom. The van der Waals surface area contributed by atoms with Crippen LogP contribution in [0.2, 0.25) is 0 Å². The second-order valence-corrected chi connectivity index (χ2v) is 7.65. The van der Waals surface area contributed by atoms with Crippen molar-refractivity contribution in [1.82, 2.24) is 15.1 Å². The summed E-state index contributed by atoms with van der Waals surface area (Å²) in [6.45, 7) is 1.95. The van der Waals surface area contributed by atoms with Crippen molar-refractivity contribution < 1.29 is 9.32 Å². The van der Waals surface area contributed by atoms with Crippen molar-refractivity contribution in [3.63, 3.8) is 0 Å². The SMILES string of the molecule is CNc1nc(N)c(-c2nc(-c3cc(NC(=O)Cc4ccccc4)ccc3C)no2)s1. The molecule has 30 heavy (non-hydrogen) atoms. The minimum Gasteiger partial charge on any atom is -0.382 e. The second kappa shape index (κ2) is 8.34. The lowest BCUT2D eigenvalue weighted by Gasteiger charge is -2.08. The largest absolute Gasteiger partial charge is 0.382 e. The zero-order valence-electron chi connectivity index (χ0n) is 16.5. The number of carbonyl (C=O) groups excluding carboxylic acids is 1. The number of benzene rings is 2. The third-order valence-corrected chi connectivity index (χ3v) is 5.53. The number of nitrogen functional groups attached to an aromatic ring is 1. The van der Waals surface area contributed by atoms with Crippen molar-refractivity contribution in [3.05, 3.63) is 59.7 Å². The highest BCUT2D eigenvalue weighted by Crippen LogP contribution is 2.35. The molecular formula is C21H20N6O2S. The summed E-state index contributed by atoms with van der Waals surface area (Å²) in [4.78, 5) is 21.7. The van der Waals surface area contributed by atoms with Gasteiger partial charge in [0.05, 0.1) is 6.42 Å². The van der Waals surface area contributed by atoms with Gasteiger partial charge in [0.25, 0.3) is 5.89 Å². The lowest BCUT2D eigenvalue weighted by atomic mass is 10.1. The molecule has 0 spiro atoms. The summed E-state index contributed by atoms with van der Waals surface area (Å²) in [5.74, 6) is 0.958. The molecule has 4 rings (SSSR count). The third-order valence-electron chi connectivity index (χ3n) is 4.46. The van der Waals surface area contributed by atoms with Gasteiger partial charge in [0.2, 0.25) is 11.7 Å². The average molecular weight is 420 g/mol. The smallest absolute Gasteiger partial charge is 0.272 e. The number of nitrogens with one attached hydrogen (secondary N) is 2. The Bertz CT molecular complexity index is 1190. The van der Waals surface area contributed by atoms with E-state index in [0.717, 1.165) is 16.7 Å². The van der Waals surface area contributed by atoms with Crippen LogP contribution in [-0.2, 0) is 11.2 Å². The van der Waals surface area contributed by atoms with E-state index in [4.69, 9.17) is 10.3 Å². The van der Waals surface area contributed by atoms with Crippen molar-refractivity contribution >= 4 is 33.9 Å². The number of anilines is 3. The van der Waals surface area contributed by atoms with Gasteiger partial charge in [-0.15, -0.1) is 0 Å². The molecule has 0 radical (unpaired) electrons. The van der Waals surface area contributed by atoms with Crippen LogP contribution in [0.15, 0.2) is 53.1 Å². The highest BCUT2D eigenvalue weighted by molar-refractivity contribution is 7.19. The standard InChI is InChI=1S/C21H20N6O2S/c1-12-8-9-14(24-16(28)10-13-6-4-3-5-7-13)11-15(12)19-26-20(29-27-19)17-18(22)25-21(23-2)30-17/h3-9,11H,10,22H2,1-2H3,(H,23,25)(H,24,28). The van der Waals surface area contributed by atoms with E-state index >= 15 is 0 Å². The molecule has 4 aromatic rings. The molecule has 0 bridgehead atoms. The summed E-state index contributed by atoms with van der Waals surface area (Å²) in [5.41, 5.74) is 9.29. The summed E-state index contributed by atoms with van der Waals surface area (Å²) in [5, 5.41) is 10.6. The Kier molecular flexibility index (Phi) is 5.44. The van der Waals surface area contributed by atoms with E-state index in [2.05, 4.69) is 25.8 Å². The van der Waals surface area contributed by atoms with E-state index in [-0.39, 0.29) is 5.91 Å². The number of aryl methyl sites for hydroxylation is 1. The molecule has 0 aliphatic heterocycles. The number of hydrogen-bond donors (Lipinski definition) is 3. The molecule has 2 heterocycles. The van der Waals surface area contributed by atoms with E-state index < -0.39 is 0 Å². The molecule has 2 aromatic heterocycles. The molecule has 0 fully saturated rings. The maximum Gasteiger partial charge on any atom is 0.272 e. The van der Waals surface area contributed by atoms with Gasteiger partial charge in [0.15, 0.2) is 5.13 Å². The van der Waals surface area contributed by atoms with E-state index in [0.29, 0.717) is 39.6 Å². The molecule has 8 nitrogen and oxygen atoms in total. The number of nitrogens with two attached hydrogens (primary N) is 1. The fraction of sp³-hybridized carbons (Fsp3) is 0.143. The van der Waals surface area contributed by atoms with Crippen LogP contribution in [0, 0.1) is 6.92 Å². The molecular weight excluding hydrogens is 400 g/mol. The van der Waals surface area contributed by atoms with Gasteiger partial charge in [0.1, 0.15) is 10.7 Å². The monoisotopic (exact) mass is 420 g/mol. The van der Waals surface area contributed by atoms with Crippen molar-refractivity contribution in [2.75, 3.05) is 23.4 Å². The molecule has 0 aliphatic rings. The Labute approximate surface area is 177 Å². The first kappa shape index (κ1) is 19.6. The topological polar surface area (TPSA) is 119 Å². The van der Waals surface area contributed by atoms with Gasteiger partial charge in [0, 0.05) is 18.3 Å². The van der Waals surface area contributed by atoms with Crippen LogP contribution in [0.5, 0.6) is 0 Å². The van der Waals surface area contributed by atoms with Gasteiger partial charge in [-0.25, -0.2) is 4.98 Å². The van der Waals surface area contributed by atoms with Gasteiger partial charge in [-0.05, 0) is 30.2 Å². The minimum absolute atomic E-state index is 0.0955. The Balaban J connectivity index is 1.56. The predicted molar refractivity (Wildman–Crippen MR) is 118 cm³/mol.